The fourth-order valence-corrected chi connectivity index (χ4v) is 3.97. The maximum atomic E-state index is 12.9. The molecule has 1 aromatic carbocycles. The van der Waals surface area contributed by atoms with E-state index < -0.39 is 0 Å². The number of H-pyrrole nitrogens is 1. The van der Waals surface area contributed by atoms with Crippen LogP contribution in [0.2, 0.25) is 0 Å². The molecule has 0 amide bonds. The van der Waals surface area contributed by atoms with Crippen molar-refractivity contribution in [3.8, 4) is 5.75 Å². The van der Waals surface area contributed by atoms with Crippen LogP contribution in [0.5, 0.6) is 5.75 Å². The molecular weight excluding hydrogens is 345 g/mol. The lowest BCUT2D eigenvalue weighted by atomic mass is 10.0. The number of benzene rings is 1. The second kappa shape index (κ2) is 7.54. The van der Waals surface area contributed by atoms with Crippen LogP contribution in [0.1, 0.15) is 23.2 Å². The van der Waals surface area contributed by atoms with Crippen molar-refractivity contribution in [2.75, 3.05) is 19.6 Å². The first-order valence-electron chi connectivity index (χ1n) is 8.34. The normalized spacial score (nSPS) is 25.4. The van der Waals surface area contributed by atoms with Crippen LogP contribution in [0.4, 0.5) is 4.39 Å². The van der Waals surface area contributed by atoms with Gasteiger partial charge in [-0.15, -0.1) is 12.4 Å². The number of Topliss-reactive ketones (excluding diaryl/α,β-unsaturated/α-hetero) is 1. The van der Waals surface area contributed by atoms with Gasteiger partial charge in [-0.1, -0.05) is 0 Å². The number of aromatic nitrogens is 2. The summed E-state index contributed by atoms with van der Waals surface area (Å²) in [4.78, 5) is 14.4. The number of rotatable bonds is 5. The van der Waals surface area contributed by atoms with Gasteiger partial charge in [-0.05, 0) is 48.9 Å². The molecule has 0 bridgehead atoms. The third kappa shape index (κ3) is 4.02. The molecule has 5 nitrogen and oxygen atoms in total. The number of hydrogen-bond donors (Lipinski definition) is 1. The van der Waals surface area contributed by atoms with Gasteiger partial charge < -0.3 is 4.74 Å². The van der Waals surface area contributed by atoms with E-state index in [0.29, 0.717) is 23.9 Å². The number of nitrogens with one attached hydrogen (secondary N) is 1. The Morgan fingerprint density at radius 1 is 1.24 bits per heavy atom. The number of ether oxygens (including phenoxy) is 1. The zero-order valence-corrected chi connectivity index (χ0v) is 14.5. The Kier molecular flexibility index (Phi) is 5.39. The van der Waals surface area contributed by atoms with E-state index in [1.807, 2.05) is 0 Å². The summed E-state index contributed by atoms with van der Waals surface area (Å²) < 4.78 is 18.9. The van der Waals surface area contributed by atoms with Crippen LogP contribution in [0.3, 0.4) is 0 Å². The fourth-order valence-electron chi connectivity index (χ4n) is 3.97. The van der Waals surface area contributed by atoms with Gasteiger partial charge in [0.1, 0.15) is 11.6 Å². The topological polar surface area (TPSA) is 58.2 Å². The van der Waals surface area contributed by atoms with Crippen molar-refractivity contribution in [2.24, 2.45) is 11.8 Å². The van der Waals surface area contributed by atoms with Crippen molar-refractivity contribution < 1.29 is 13.9 Å². The van der Waals surface area contributed by atoms with Gasteiger partial charge in [0.2, 0.25) is 0 Å². The smallest absolute Gasteiger partial charge is 0.179 e. The monoisotopic (exact) mass is 365 g/mol. The van der Waals surface area contributed by atoms with Gasteiger partial charge in [0, 0.05) is 19.3 Å². The van der Waals surface area contributed by atoms with Crippen LogP contribution in [0.15, 0.2) is 36.7 Å². The number of hydrogen-bond acceptors (Lipinski definition) is 4. The number of carbonyl (C=O) groups excluding carboxylic acids is 1. The predicted molar refractivity (Wildman–Crippen MR) is 93.6 cm³/mol. The highest BCUT2D eigenvalue weighted by molar-refractivity contribution is 5.97. The van der Waals surface area contributed by atoms with Crippen LogP contribution in [-0.4, -0.2) is 46.6 Å². The van der Waals surface area contributed by atoms with E-state index in [4.69, 9.17) is 4.74 Å². The Morgan fingerprint density at radius 3 is 2.52 bits per heavy atom. The van der Waals surface area contributed by atoms with Gasteiger partial charge in [0.05, 0.1) is 24.4 Å². The largest absolute Gasteiger partial charge is 0.490 e. The molecule has 1 aliphatic carbocycles. The lowest BCUT2D eigenvalue weighted by Gasteiger charge is -2.19. The van der Waals surface area contributed by atoms with Crippen molar-refractivity contribution in [1.29, 1.82) is 0 Å². The van der Waals surface area contributed by atoms with E-state index in [1.165, 1.54) is 12.1 Å². The molecule has 4 rings (SSSR count). The summed E-state index contributed by atoms with van der Waals surface area (Å²) in [5.74, 6) is 1.75. The number of aromatic amines is 1. The fraction of sp³-hybridized carbons (Fsp3) is 0.444. The standard InChI is InChI=1S/C18H20FN3O2.ClH/c19-15-1-3-16(4-2-15)24-17-5-12-9-22(10-13(12)6-17)11-18(23)14-7-20-21-8-14;/h1-4,7-8,12-13,17H,5-6,9-11H2,(H,20,21);1H/t12-,13+,17-;. The summed E-state index contributed by atoms with van der Waals surface area (Å²) in [6.45, 7) is 2.34. The van der Waals surface area contributed by atoms with Crippen molar-refractivity contribution in [1.82, 2.24) is 15.1 Å². The zero-order chi connectivity index (χ0) is 16.5. The van der Waals surface area contributed by atoms with Gasteiger partial charge in [-0.25, -0.2) is 4.39 Å². The van der Waals surface area contributed by atoms with Gasteiger partial charge >= 0.3 is 0 Å². The summed E-state index contributed by atoms with van der Waals surface area (Å²) in [5.41, 5.74) is 0.643. The maximum absolute atomic E-state index is 12.9. The average molecular weight is 366 g/mol. The summed E-state index contributed by atoms with van der Waals surface area (Å²) in [6, 6.07) is 6.21. The SMILES string of the molecule is Cl.O=C(CN1C[C@H]2C[C@@H](Oc3ccc(F)cc3)C[C@H]2C1)c1cn[nH]c1. The van der Waals surface area contributed by atoms with Crippen LogP contribution in [0, 0.1) is 17.7 Å². The summed E-state index contributed by atoms with van der Waals surface area (Å²) in [5, 5.41) is 6.50. The minimum atomic E-state index is -0.247. The van der Waals surface area contributed by atoms with Gasteiger partial charge in [0.15, 0.2) is 5.78 Å². The number of ketones is 1. The maximum Gasteiger partial charge on any atom is 0.179 e. The molecule has 1 aliphatic heterocycles. The van der Waals surface area contributed by atoms with Crippen LogP contribution < -0.4 is 4.74 Å². The highest BCUT2D eigenvalue weighted by atomic mass is 35.5. The summed E-state index contributed by atoms with van der Waals surface area (Å²) in [7, 11) is 0. The molecule has 134 valence electrons. The third-order valence-corrected chi connectivity index (χ3v) is 5.09. The first-order valence-corrected chi connectivity index (χ1v) is 8.34. The molecule has 2 aromatic rings. The minimum absolute atomic E-state index is 0. The third-order valence-electron chi connectivity index (χ3n) is 5.09. The molecule has 1 saturated heterocycles. The molecule has 1 N–H and O–H groups in total. The number of nitrogens with zero attached hydrogens (tertiary/aromatic N) is 2. The molecule has 1 saturated carbocycles. The van der Waals surface area contributed by atoms with E-state index in [1.54, 1.807) is 24.5 Å². The van der Waals surface area contributed by atoms with Gasteiger partial charge in [-0.3, -0.25) is 14.8 Å². The first-order chi connectivity index (χ1) is 11.7. The molecule has 0 unspecified atom stereocenters. The molecular formula is C18H21ClFN3O2. The van der Waals surface area contributed by atoms with Gasteiger partial charge in [0.25, 0.3) is 0 Å². The quantitative estimate of drug-likeness (QED) is 0.828. The van der Waals surface area contributed by atoms with Crippen molar-refractivity contribution in [3.05, 3.63) is 48.0 Å². The Hall–Kier alpha value is -1.92. The summed E-state index contributed by atoms with van der Waals surface area (Å²) in [6.07, 6.45) is 5.41. The van der Waals surface area contributed by atoms with E-state index in [2.05, 4.69) is 15.1 Å². The molecule has 7 heteroatoms. The predicted octanol–water partition coefficient (Wildman–Crippen LogP) is 2.94. The second-order valence-electron chi connectivity index (χ2n) is 6.79. The van der Waals surface area contributed by atoms with Crippen LogP contribution in [0.25, 0.3) is 0 Å². The number of carbonyl (C=O) groups is 1. The van der Waals surface area contributed by atoms with Crippen LogP contribution >= 0.6 is 12.4 Å². The Morgan fingerprint density at radius 2 is 1.92 bits per heavy atom. The molecule has 3 atom stereocenters. The summed E-state index contributed by atoms with van der Waals surface area (Å²) >= 11 is 0. The minimum Gasteiger partial charge on any atom is -0.490 e. The number of likely N-dealkylation sites (tertiary alicyclic amines) is 1. The average Bonchev–Trinajstić information content (AvgIpc) is 3.25. The van der Waals surface area contributed by atoms with E-state index in [0.717, 1.165) is 31.7 Å². The second-order valence-corrected chi connectivity index (χ2v) is 6.79. The van der Waals surface area contributed by atoms with E-state index in [-0.39, 0.29) is 30.1 Å². The molecule has 0 radical (unpaired) electrons. The Balaban J connectivity index is 0.00000182. The number of fused-ring (bicyclic) bond motifs is 1. The molecule has 25 heavy (non-hydrogen) atoms. The van der Waals surface area contributed by atoms with Crippen molar-refractivity contribution in [3.63, 3.8) is 0 Å². The van der Waals surface area contributed by atoms with E-state index in [9.17, 15) is 9.18 Å². The molecule has 2 aliphatic rings. The highest BCUT2D eigenvalue weighted by Gasteiger charge is 2.42. The molecule has 0 spiro atoms. The first kappa shape index (κ1) is 17.9. The van der Waals surface area contributed by atoms with Gasteiger partial charge in [-0.2, -0.15) is 5.10 Å². The van der Waals surface area contributed by atoms with E-state index >= 15 is 0 Å². The highest BCUT2D eigenvalue weighted by Crippen LogP contribution is 2.39. The molecule has 2 fully saturated rings. The van der Waals surface area contributed by atoms with Crippen LogP contribution in [-0.2, 0) is 0 Å². The zero-order valence-electron chi connectivity index (χ0n) is 13.7. The number of halogens is 2. The molecule has 2 heterocycles. The lowest BCUT2D eigenvalue weighted by molar-refractivity contribution is 0.0936. The van der Waals surface area contributed by atoms with Crippen molar-refractivity contribution in [2.45, 2.75) is 18.9 Å². The Bertz CT molecular complexity index is 694. The van der Waals surface area contributed by atoms with Crippen molar-refractivity contribution >= 4 is 18.2 Å². The Labute approximate surface area is 152 Å². The molecule has 1 aromatic heterocycles. The lowest BCUT2D eigenvalue weighted by Crippen LogP contribution is -2.29.